The van der Waals surface area contributed by atoms with Crippen LogP contribution in [0.2, 0.25) is 0 Å². The first kappa shape index (κ1) is 14.5. The van der Waals surface area contributed by atoms with E-state index >= 15 is 0 Å². The van der Waals surface area contributed by atoms with Crippen molar-refractivity contribution in [3.63, 3.8) is 0 Å². The van der Waals surface area contributed by atoms with E-state index in [-0.39, 0.29) is 0 Å². The summed E-state index contributed by atoms with van der Waals surface area (Å²) in [5, 5.41) is 0. The molecule has 0 aromatic carbocycles. The van der Waals surface area contributed by atoms with Crippen LogP contribution < -0.4 is 0 Å². The lowest BCUT2D eigenvalue weighted by Gasteiger charge is -2.24. The molecular weight excluding hydrogens is 204 g/mol. The van der Waals surface area contributed by atoms with Gasteiger partial charge in [-0.1, -0.05) is 52.2 Å². The SMILES string of the molecule is CCCCC1=C(C)C(C(C)C)C(C(C)C)=C1C. The Labute approximate surface area is 108 Å². The molecule has 1 aliphatic carbocycles. The molecule has 0 N–H and O–H groups in total. The van der Waals surface area contributed by atoms with Gasteiger partial charge in [0.15, 0.2) is 0 Å². The van der Waals surface area contributed by atoms with Crippen molar-refractivity contribution in [3.05, 3.63) is 22.3 Å². The second-order valence-corrected chi connectivity index (χ2v) is 6.22. The van der Waals surface area contributed by atoms with Crippen molar-refractivity contribution in [2.75, 3.05) is 0 Å². The molecule has 0 heterocycles. The van der Waals surface area contributed by atoms with Crippen molar-refractivity contribution in [2.24, 2.45) is 17.8 Å². The third-order valence-electron chi connectivity index (χ3n) is 4.23. The van der Waals surface area contributed by atoms with E-state index in [0.29, 0.717) is 11.8 Å². The zero-order chi connectivity index (χ0) is 13.2. The quantitative estimate of drug-likeness (QED) is 0.568. The number of allylic oxidation sites excluding steroid dienone is 4. The maximum Gasteiger partial charge on any atom is 0.00415 e. The Morgan fingerprint density at radius 1 is 1.06 bits per heavy atom. The van der Waals surface area contributed by atoms with E-state index in [0.717, 1.165) is 5.92 Å². The van der Waals surface area contributed by atoms with Crippen LogP contribution in [-0.4, -0.2) is 0 Å². The number of rotatable bonds is 5. The third-order valence-corrected chi connectivity index (χ3v) is 4.23. The minimum atomic E-state index is 0.691. The van der Waals surface area contributed by atoms with E-state index in [4.69, 9.17) is 0 Å². The van der Waals surface area contributed by atoms with Gasteiger partial charge in [0, 0.05) is 5.92 Å². The van der Waals surface area contributed by atoms with Gasteiger partial charge in [-0.2, -0.15) is 0 Å². The van der Waals surface area contributed by atoms with Crippen LogP contribution in [0.4, 0.5) is 0 Å². The molecule has 0 aliphatic heterocycles. The van der Waals surface area contributed by atoms with Gasteiger partial charge in [-0.25, -0.2) is 0 Å². The first-order chi connectivity index (χ1) is 7.91. The lowest BCUT2D eigenvalue weighted by molar-refractivity contribution is 0.469. The van der Waals surface area contributed by atoms with Crippen LogP contribution in [0.3, 0.4) is 0 Å². The second kappa shape index (κ2) is 5.89. The topological polar surface area (TPSA) is 0 Å². The van der Waals surface area contributed by atoms with Crippen LogP contribution in [0.1, 0.15) is 67.7 Å². The highest BCUT2D eigenvalue weighted by Crippen LogP contribution is 2.45. The average Bonchev–Trinajstić information content (AvgIpc) is 2.48. The highest BCUT2D eigenvalue weighted by Gasteiger charge is 2.31. The van der Waals surface area contributed by atoms with Crippen molar-refractivity contribution >= 4 is 0 Å². The fraction of sp³-hybridized carbons (Fsp3) is 0.765. The van der Waals surface area contributed by atoms with Crippen LogP contribution in [0.5, 0.6) is 0 Å². The Bertz CT molecular complexity index is 326. The molecule has 0 heteroatoms. The van der Waals surface area contributed by atoms with Crippen molar-refractivity contribution in [2.45, 2.75) is 67.7 Å². The highest BCUT2D eigenvalue weighted by atomic mass is 14.4. The van der Waals surface area contributed by atoms with Crippen molar-refractivity contribution in [3.8, 4) is 0 Å². The average molecular weight is 234 g/mol. The van der Waals surface area contributed by atoms with Crippen LogP contribution in [0, 0.1) is 17.8 Å². The lowest BCUT2D eigenvalue weighted by Crippen LogP contribution is -2.14. The predicted molar refractivity (Wildman–Crippen MR) is 78.1 cm³/mol. The van der Waals surface area contributed by atoms with E-state index in [2.05, 4.69) is 48.5 Å². The molecule has 98 valence electrons. The first-order valence-electron chi connectivity index (χ1n) is 7.32. The summed E-state index contributed by atoms with van der Waals surface area (Å²) in [6.45, 7) is 16.4. The summed E-state index contributed by atoms with van der Waals surface area (Å²) in [6, 6.07) is 0. The second-order valence-electron chi connectivity index (χ2n) is 6.22. The summed E-state index contributed by atoms with van der Waals surface area (Å²) in [4.78, 5) is 0. The van der Waals surface area contributed by atoms with E-state index in [1.807, 2.05) is 0 Å². The smallest absolute Gasteiger partial charge is 0.00415 e. The summed E-state index contributed by atoms with van der Waals surface area (Å²) >= 11 is 0. The summed E-state index contributed by atoms with van der Waals surface area (Å²) in [6.07, 6.45) is 3.92. The first-order valence-corrected chi connectivity index (χ1v) is 7.32. The summed E-state index contributed by atoms with van der Waals surface area (Å²) < 4.78 is 0. The Hall–Kier alpha value is -0.520. The van der Waals surface area contributed by atoms with Gasteiger partial charge in [0.2, 0.25) is 0 Å². The molecule has 0 saturated carbocycles. The number of unbranched alkanes of at least 4 members (excludes halogenated alkanes) is 1. The van der Waals surface area contributed by atoms with Crippen molar-refractivity contribution in [1.29, 1.82) is 0 Å². The van der Waals surface area contributed by atoms with E-state index in [1.54, 1.807) is 22.3 Å². The molecule has 0 aromatic rings. The summed E-state index contributed by atoms with van der Waals surface area (Å²) in [5.41, 5.74) is 6.66. The molecule has 1 unspecified atom stereocenters. The fourth-order valence-electron chi connectivity index (χ4n) is 3.51. The molecule has 0 amide bonds. The molecule has 0 bridgehead atoms. The molecule has 1 rings (SSSR count). The molecule has 0 aromatic heterocycles. The Morgan fingerprint density at radius 3 is 2.00 bits per heavy atom. The Morgan fingerprint density at radius 2 is 1.65 bits per heavy atom. The molecule has 0 fully saturated rings. The van der Waals surface area contributed by atoms with Crippen molar-refractivity contribution in [1.82, 2.24) is 0 Å². The molecule has 0 radical (unpaired) electrons. The van der Waals surface area contributed by atoms with Gasteiger partial charge in [-0.05, 0) is 49.7 Å². The van der Waals surface area contributed by atoms with E-state index in [1.165, 1.54) is 19.3 Å². The highest BCUT2D eigenvalue weighted by molar-refractivity contribution is 5.49. The van der Waals surface area contributed by atoms with E-state index in [9.17, 15) is 0 Å². The van der Waals surface area contributed by atoms with Crippen LogP contribution in [0.15, 0.2) is 22.3 Å². The van der Waals surface area contributed by atoms with Gasteiger partial charge < -0.3 is 0 Å². The normalized spacial score (nSPS) is 21.4. The van der Waals surface area contributed by atoms with Gasteiger partial charge in [-0.3, -0.25) is 0 Å². The monoisotopic (exact) mass is 234 g/mol. The number of hydrogen-bond donors (Lipinski definition) is 0. The van der Waals surface area contributed by atoms with Gasteiger partial charge in [-0.15, -0.1) is 0 Å². The summed E-state index contributed by atoms with van der Waals surface area (Å²) in [5.74, 6) is 2.14. The van der Waals surface area contributed by atoms with Gasteiger partial charge in [0.25, 0.3) is 0 Å². The predicted octanol–water partition coefficient (Wildman–Crippen LogP) is 5.75. The maximum absolute atomic E-state index is 2.37. The standard InChI is InChI=1S/C17H30/c1-8-9-10-15-13(6)16(11(2)3)17(12(4)5)14(15)7/h11-12,16H,8-10H2,1-7H3. The number of hydrogen-bond acceptors (Lipinski definition) is 0. The van der Waals surface area contributed by atoms with Crippen LogP contribution in [0.25, 0.3) is 0 Å². The Balaban J connectivity index is 3.09. The maximum atomic E-state index is 2.37. The van der Waals surface area contributed by atoms with Gasteiger partial charge >= 0.3 is 0 Å². The summed E-state index contributed by atoms with van der Waals surface area (Å²) in [7, 11) is 0. The van der Waals surface area contributed by atoms with Crippen LogP contribution in [-0.2, 0) is 0 Å². The fourth-order valence-corrected chi connectivity index (χ4v) is 3.51. The minimum absolute atomic E-state index is 0.691. The molecule has 1 atom stereocenters. The molecule has 0 saturated heterocycles. The zero-order valence-electron chi connectivity index (χ0n) is 12.9. The van der Waals surface area contributed by atoms with Gasteiger partial charge in [0.1, 0.15) is 0 Å². The zero-order valence-corrected chi connectivity index (χ0v) is 12.9. The third kappa shape index (κ3) is 2.84. The largest absolute Gasteiger partial charge is 0.0654 e. The molecule has 0 nitrogen and oxygen atoms in total. The molecular formula is C17H30. The molecule has 0 spiro atoms. The molecule has 1 aliphatic rings. The minimum Gasteiger partial charge on any atom is -0.0654 e. The Kier molecular flexibility index (Phi) is 5.04. The lowest BCUT2D eigenvalue weighted by atomic mass is 9.80. The van der Waals surface area contributed by atoms with Crippen molar-refractivity contribution < 1.29 is 0 Å². The molecule has 17 heavy (non-hydrogen) atoms. The van der Waals surface area contributed by atoms with E-state index < -0.39 is 0 Å². The van der Waals surface area contributed by atoms with Gasteiger partial charge in [0.05, 0.1) is 0 Å². The van der Waals surface area contributed by atoms with Crippen LogP contribution >= 0.6 is 0 Å².